The molecule has 1 saturated heterocycles. The Morgan fingerprint density at radius 1 is 1.00 bits per heavy atom. The molecule has 3 heteroatoms. The SMILES string of the molecule is N#Cc1ccc(C2CCNCC2OCc2ccc3ccccc3c2)cc1. The van der Waals surface area contributed by atoms with Crippen LogP contribution in [0.1, 0.15) is 29.0 Å². The van der Waals surface area contributed by atoms with Gasteiger partial charge in [0.1, 0.15) is 0 Å². The molecule has 1 aliphatic heterocycles. The van der Waals surface area contributed by atoms with Crippen LogP contribution in [-0.2, 0) is 11.3 Å². The maximum absolute atomic E-state index is 8.99. The minimum Gasteiger partial charge on any atom is -0.372 e. The molecule has 1 heterocycles. The largest absolute Gasteiger partial charge is 0.372 e. The van der Waals surface area contributed by atoms with Crippen molar-refractivity contribution < 1.29 is 4.74 Å². The molecule has 1 N–H and O–H groups in total. The highest BCUT2D eigenvalue weighted by atomic mass is 16.5. The number of fused-ring (bicyclic) bond motifs is 1. The molecule has 0 aromatic heterocycles. The molecule has 0 aliphatic carbocycles. The number of nitrogens with one attached hydrogen (secondary N) is 1. The first-order valence-electron chi connectivity index (χ1n) is 9.13. The van der Waals surface area contributed by atoms with E-state index in [0.29, 0.717) is 18.1 Å². The molecule has 3 aromatic rings. The summed E-state index contributed by atoms with van der Waals surface area (Å²) in [6.07, 6.45) is 1.19. The van der Waals surface area contributed by atoms with E-state index in [0.717, 1.165) is 19.5 Å². The van der Waals surface area contributed by atoms with E-state index in [2.05, 4.69) is 66.0 Å². The van der Waals surface area contributed by atoms with E-state index in [1.165, 1.54) is 21.9 Å². The first kappa shape index (κ1) is 16.8. The van der Waals surface area contributed by atoms with Gasteiger partial charge < -0.3 is 10.1 Å². The summed E-state index contributed by atoms with van der Waals surface area (Å²) < 4.78 is 6.31. The number of nitrogens with zero attached hydrogens (tertiary/aromatic N) is 1. The lowest BCUT2D eigenvalue weighted by Gasteiger charge is -2.32. The van der Waals surface area contributed by atoms with Crippen LogP contribution < -0.4 is 5.32 Å². The van der Waals surface area contributed by atoms with Crippen molar-refractivity contribution >= 4 is 10.8 Å². The van der Waals surface area contributed by atoms with Gasteiger partial charge in [-0.2, -0.15) is 5.26 Å². The summed E-state index contributed by atoms with van der Waals surface area (Å²) in [6, 6.07) is 25.0. The Morgan fingerprint density at radius 2 is 1.81 bits per heavy atom. The lowest BCUT2D eigenvalue weighted by Crippen LogP contribution is -2.40. The molecular formula is C23H22N2O. The zero-order chi connectivity index (χ0) is 17.8. The third-order valence-electron chi connectivity index (χ3n) is 5.17. The molecule has 2 unspecified atom stereocenters. The van der Waals surface area contributed by atoms with E-state index in [1.807, 2.05) is 12.1 Å². The summed E-state index contributed by atoms with van der Waals surface area (Å²) in [5, 5.41) is 14.9. The van der Waals surface area contributed by atoms with Gasteiger partial charge >= 0.3 is 0 Å². The van der Waals surface area contributed by atoms with E-state index in [1.54, 1.807) is 0 Å². The molecule has 0 radical (unpaired) electrons. The van der Waals surface area contributed by atoms with Gasteiger partial charge in [-0.25, -0.2) is 0 Å². The molecular weight excluding hydrogens is 320 g/mol. The molecule has 3 aromatic carbocycles. The van der Waals surface area contributed by atoms with Gasteiger partial charge in [-0.05, 0) is 53.1 Å². The Labute approximate surface area is 154 Å². The summed E-state index contributed by atoms with van der Waals surface area (Å²) in [7, 11) is 0. The Morgan fingerprint density at radius 3 is 2.62 bits per heavy atom. The minimum atomic E-state index is 0.142. The average Bonchev–Trinajstić information content (AvgIpc) is 2.72. The maximum atomic E-state index is 8.99. The van der Waals surface area contributed by atoms with Crippen molar-refractivity contribution in [3.63, 3.8) is 0 Å². The normalized spacial score (nSPS) is 20.0. The lowest BCUT2D eigenvalue weighted by atomic mass is 9.87. The first-order chi connectivity index (χ1) is 12.8. The standard InChI is InChI=1S/C23H22N2O/c24-14-17-5-9-20(10-6-17)22-11-12-25-15-23(22)26-16-18-7-8-19-3-1-2-4-21(19)13-18/h1-10,13,22-23,25H,11-12,15-16H2. The van der Waals surface area contributed by atoms with Gasteiger partial charge in [0, 0.05) is 12.5 Å². The molecule has 0 spiro atoms. The second-order valence-corrected chi connectivity index (χ2v) is 6.86. The number of piperidine rings is 1. The van der Waals surface area contributed by atoms with Crippen molar-refractivity contribution in [2.45, 2.75) is 25.0 Å². The van der Waals surface area contributed by atoms with Crippen molar-refractivity contribution in [1.29, 1.82) is 5.26 Å². The number of ether oxygens (including phenoxy) is 1. The molecule has 0 bridgehead atoms. The summed E-state index contributed by atoms with van der Waals surface area (Å²) in [6.45, 7) is 2.47. The van der Waals surface area contributed by atoms with Gasteiger partial charge in [0.2, 0.25) is 0 Å². The Bertz CT molecular complexity index is 927. The van der Waals surface area contributed by atoms with E-state index < -0.39 is 0 Å². The third kappa shape index (κ3) is 3.62. The molecule has 26 heavy (non-hydrogen) atoms. The minimum absolute atomic E-state index is 0.142. The van der Waals surface area contributed by atoms with E-state index in [9.17, 15) is 0 Å². The fourth-order valence-electron chi connectivity index (χ4n) is 3.72. The van der Waals surface area contributed by atoms with Crippen molar-refractivity contribution in [2.75, 3.05) is 13.1 Å². The second-order valence-electron chi connectivity index (χ2n) is 6.86. The fraction of sp³-hybridized carbons (Fsp3) is 0.261. The quantitative estimate of drug-likeness (QED) is 0.765. The van der Waals surface area contributed by atoms with Crippen LogP contribution in [0.2, 0.25) is 0 Å². The van der Waals surface area contributed by atoms with Gasteiger partial charge in [0.05, 0.1) is 24.3 Å². The molecule has 130 valence electrons. The smallest absolute Gasteiger partial charge is 0.0991 e. The van der Waals surface area contributed by atoms with Gasteiger partial charge in [-0.3, -0.25) is 0 Å². The predicted octanol–water partition coefficient (Wildman–Crippen LogP) is 4.37. The molecule has 0 amide bonds. The number of hydrogen-bond donors (Lipinski definition) is 1. The van der Waals surface area contributed by atoms with Crippen molar-refractivity contribution in [1.82, 2.24) is 5.32 Å². The molecule has 1 aliphatic rings. The van der Waals surface area contributed by atoms with Gasteiger partial charge in [0.15, 0.2) is 0 Å². The van der Waals surface area contributed by atoms with E-state index in [4.69, 9.17) is 10.00 Å². The molecule has 4 rings (SSSR count). The molecule has 3 nitrogen and oxygen atoms in total. The van der Waals surface area contributed by atoms with Crippen LogP contribution in [0.15, 0.2) is 66.7 Å². The summed E-state index contributed by atoms with van der Waals surface area (Å²) in [5.41, 5.74) is 3.16. The van der Waals surface area contributed by atoms with Crippen LogP contribution in [-0.4, -0.2) is 19.2 Å². The number of benzene rings is 3. The summed E-state index contributed by atoms with van der Waals surface area (Å²) in [5.74, 6) is 0.365. The van der Waals surface area contributed by atoms with Gasteiger partial charge in [-0.1, -0.05) is 48.5 Å². The molecule has 2 atom stereocenters. The Hall–Kier alpha value is -2.67. The average molecular weight is 342 g/mol. The highest BCUT2D eigenvalue weighted by Crippen LogP contribution is 2.29. The van der Waals surface area contributed by atoms with Crippen molar-refractivity contribution in [2.24, 2.45) is 0 Å². The molecule has 0 saturated carbocycles. The van der Waals surface area contributed by atoms with Crippen LogP contribution in [0, 0.1) is 11.3 Å². The lowest BCUT2D eigenvalue weighted by molar-refractivity contribution is 0.0106. The van der Waals surface area contributed by atoms with Crippen LogP contribution in [0.25, 0.3) is 10.8 Å². The number of nitriles is 1. The topological polar surface area (TPSA) is 45.0 Å². The summed E-state index contributed by atoms with van der Waals surface area (Å²) >= 11 is 0. The molecule has 1 fully saturated rings. The van der Waals surface area contributed by atoms with Crippen molar-refractivity contribution in [3.05, 3.63) is 83.4 Å². The third-order valence-corrected chi connectivity index (χ3v) is 5.17. The maximum Gasteiger partial charge on any atom is 0.0991 e. The zero-order valence-corrected chi connectivity index (χ0v) is 14.7. The van der Waals surface area contributed by atoms with Crippen LogP contribution in [0.5, 0.6) is 0 Å². The van der Waals surface area contributed by atoms with Gasteiger partial charge in [-0.15, -0.1) is 0 Å². The Kier molecular flexibility index (Phi) is 4.97. The number of hydrogen-bond acceptors (Lipinski definition) is 3. The monoisotopic (exact) mass is 342 g/mol. The predicted molar refractivity (Wildman–Crippen MR) is 104 cm³/mol. The van der Waals surface area contributed by atoms with Crippen molar-refractivity contribution in [3.8, 4) is 6.07 Å². The van der Waals surface area contributed by atoms with Crippen LogP contribution >= 0.6 is 0 Å². The zero-order valence-electron chi connectivity index (χ0n) is 14.7. The fourth-order valence-corrected chi connectivity index (χ4v) is 3.72. The first-order valence-corrected chi connectivity index (χ1v) is 9.13. The van der Waals surface area contributed by atoms with Crippen LogP contribution in [0.3, 0.4) is 0 Å². The van der Waals surface area contributed by atoms with E-state index >= 15 is 0 Å². The van der Waals surface area contributed by atoms with Gasteiger partial charge in [0.25, 0.3) is 0 Å². The van der Waals surface area contributed by atoms with E-state index in [-0.39, 0.29) is 6.10 Å². The Balaban J connectivity index is 1.48. The highest BCUT2D eigenvalue weighted by molar-refractivity contribution is 5.82. The number of rotatable bonds is 4. The highest BCUT2D eigenvalue weighted by Gasteiger charge is 2.27. The summed E-state index contributed by atoms with van der Waals surface area (Å²) in [4.78, 5) is 0. The second kappa shape index (κ2) is 7.70. The van der Waals surface area contributed by atoms with Crippen LogP contribution in [0.4, 0.5) is 0 Å².